The molecule has 2 aliphatic heterocycles. The first-order chi connectivity index (χ1) is 18.1. The van der Waals surface area contributed by atoms with Gasteiger partial charge in [-0.15, -0.1) is 11.3 Å². The molecule has 1 fully saturated rings. The second-order valence-corrected chi connectivity index (χ2v) is 10.3. The third kappa shape index (κ3) is 5.32. The number of benzene rings is 1. The normalized spacial score (nSPS) is 18.4. The van der Waals surface area contributed by atoms with Crippen molar-refractivity contribution in [2.24, 2.45) is 5.16 Å². The molecule has 0 bridgehead atoms. The van der Waals surface area contributed by atoms with Crippen molar-refractivity contribution in [3.8, 4) is 0 Å². The van der Waals surface area contributed by atoms with Crippen LogP contribution in [-0.2, 0) is 22.4 Å². The summed E-state index contributed by atoms with van der Waals surface area (Å²) in [6.07, 6.45) is -2.68. The number of hydrogen-bond donors (Lipinski definition) is 0. The molecule has 13 heteroatoms. The topological polar surface area (TPSA) is 76.8 Å². The number of carbonyl (C=O) groups is 1. The second-order valence-electron chi connectivity index (χ2n) is 9.05. The zero-order valence-electron chi connectivity index (χ0n) is 19.8. The summed E-state index contributed by atoms with van der Waals surface area (Å²) in [4.78, 5) is 36.5. The van der Waals surface area contributed by atoms with Crippen LogP contribution < -0.4 is 5.56 Å². The van der Waals surface area contributed by atoms with Crippen LogP contribution in [0.1, 0.15) is 53.1 Å². The van der Waals surface area contributed by atoms with Crippen LogP contribution in [0.25, 0.3) is 0 Å². The highest BCUT2D eigenvalue weighted by Crippen LogP contribution is 2.37. The number of likely N-dealkylation sites (tertiary alicyclic amines) is 1. The van der Waals surface area contributed by atoms with Gasteiger partial charge in [0.2, 0.25) is 5.91 Å². The summed E-state index contributed by atoms with van der Waals surface area (Å²) in [5, 5.41) is 7.09. The Hall–Kier alpha value is -3.25. The van der Waals surface area contributed by atoms with Gasteiger partial charge in [-0.2, -0.15) is 13.2 Å². The third-order valence-electron chi connectivity index (χ3n) is 6.64. The van der Waals surface area contributed by atoms with Gasteiger partial charge in [-0.1, -0.05) is 22.8 Å². The molecule has 200 valence electrons. The van der Waals surface area contributed by atoms with Gasteiger partial charge in [0.15, 0.2) is 6.10 Å². The smallest absolute Gasteiger partial charge is 0.387 e. The second kappa shape index (κ2) is 10.5. The summed E-state index contributed by atoms with van der Waals surface area (Å²) >= 11 is 7.61. The number of pyridine rings is 1. The quantitative estimate of drug-likeness (QED) is 0.387. The molecule has 2 aliphatic rings. The lowest BCUT2D eigenvalue weighted by Crippen LogP contribution is -2.41. The number of carbonyl (C=O) groups excluding carboxylic acids is 1. The van der Waals surface area contributed by atoms with Crippen molar-refractivity contribution in [1.82, 2.24) is 14.5 Å². The molecule has 0 spiro atoms. The molecule has 0 N–H and O–H groups in total. The fourth-order valence-corrected chi connectivity index (χ4v) is 5.89. The molecule has 0 radical (unpaired) electrons. The van der Waals surface area contributed by atoms with Crippen LogP contribution in [-0.4, -0.2) is 39.2 Å². The van der Waals surface area contributed by atoms with Gasteiger partial charge < -0.3 is 14.3 Å². The van der Waals surface area contributed by atoms with E-state index in [9.17, 15) is 27.2 Å². The standard InChI is InChI=1S/C25H21ClF4N4O3S/c26-16-4-1-5-17(27)22(16)20-11-18(32-37-20)19-13-38-23(31-19)14-6-9-33(10-7-14)21(35)12-34-8-2-3-15(24(34)36)25(28,29)30/h1-5,8,13-14,20H,6-7,9-12H2. The Balaban J connectivity index is 1.18. The van der Waals surface area contributed by atoms with E-state index in [0.29, 0.717) is 49.8 Å². The molecule has 1 unspecified atom stereocenters. The van der Waals surface area contributed by atoms with Crippen LogP contribution in [0.15, 0.2) is 51.9 Å². The lowest BCUT2D eigenvalue weighted by molar-refractivity contribution is -0.139. The number of hydrogen-bond acceptors (Lipinski definition) is 6. The predicted octanol–water partition coefficient (Wildman–Crippen LogP) is 5.39. The summed E-state index contributed by atoms with van der Waals surface area (Å²) in [7, 11) is 0. The van der Waals surface area contributed by atoms with Crippen LogP contribution in [0, 0.1) is 5.82 Å². The summed E-state index contributed by atoms with van der Waals surface area (Å²) in [5.74, 6) is -0.786. The van der Waals surface area contributed by atoms with Gasteiger partial charge >= 0.3 is 6.18 Å². The fraction of sp³-hybridized carbons (Fsp3) is 0.360. The molecule has 0 aliphatic carbocycles. The van der Waals surface area contributed by atoms with E-state index < -0.39 is 41.7 Å². The highest BCUT2D eigenvalue weighted by Gasteiger charge is 2.35. The van der Waals surface area contributed by atoms with Crippen LogP contribution in [0.3, 0.4) is 0 Å². The van der Waals surface area contributed by atoms with Crippen molar-refractivity contribution in [1.29, 1.82) is 0 Å². The van der Waals surface area contributed by atoms with E-state index in [1.165, 1.54) is 29.7 Å². The van der Waals surface area contributed by atoms with Crippen molar-refractivity contribution in [3.05, 3.63) is 84.9 Å². The maximum atomic E-state index is 14.3. The van der Waals surface area contributed by atoms with Gasteiger partial charge in [0.05, 0.1) is 15.7 Å². The molecule has 1 amide bonds. The monoisotopic (exact) mass is 568 g/mol. The van der Waals surface area contributed by atoms with Crippen LogP contribution in [0.2, 0.25) is 5.02 Å². The van der Waals surface area contributed by atoms with Gasteiger partial charge in [-0.25, -0.2) is 9.37 Å². The SMILES string of the molecule is O=C(Cn1cccc(C(F)(F)F)c1=O)N1CCC(c2nc(C3=NOC(c4c(F)cccc4Cl)C3)cs2)CC1. The maximum Gasteiger partial charge on any atom is 0.421 e. The van der Waals surface area contributed by atoms with E-state index in [0.717, 1.165) is 15.6 Å². The molecule has 7 nitrogen and oxygen atoms in total. The molecule has 2 aromatic heterocycles. The van der Waals surface area contributed by atoms with E-state index in [-0.39, 0.29) is 16.5 Å². The molecule has 38 heavy (non-hydrogen) atoms. The van der Waals surface area contributed by atoms with Gasteiger partial charge in [-0.05, 0) is 37.1 Å². The first-order valence-corrected chi connectivity index (χ1v) is 13.0. The van der Waals surface area contributed by atoms with E-state index in [2.05, 4.69) is 5.16 Å². The highest BCUT2D eigenvalue weighted by atomic mass is 35.5. The Bertz CT molecular complexity index is 1430. The molecule has 4 heterocycles. The molecule has 1 aromatic carbocycles. The lowest BCUT2D eigenvalue weighted by atomic mass is 9.97. The number of halogens is 5. The van der Waals surface area contributed by atoms with Crippen molar-refractivity contribution in [2.75, 3.05) is 13.1 Å². The van der Waals surface area contributed by atoms with Crippen molar-refractivity contribution in [2.45, 2.75) is 44.0 Å². The predicted molar refractivity (Wildman–Crippen MR) is 133 cm³/mol. The highest BCUT2D eigenvalue weighted by molar-refractivity contribution is 7.10. The third-order valence-corrected chi connectivity index (χ3v) is 7.97. The number of aromatic nitrogens is 2. The number of piperidine rings is 1. The largest absolute Gasteiger partial charge is 0.421 e. The van der Waals surface area contributed by atoms with Gasteiger partial charge in [0.1, 0.15) is 23.6 Å². The number of oxime groups is 1. The van der Waals surface area contributed by atoms with Crippen LogP contribution in [0.5, 0.6) is 0 Å². The molecule has 3 aromatic rings. The maximum absolute atomic E-state index is 14.3. The molecule has 1 saturated heterocycles. The number of nitrogens with zero attached hydrogens (tertiary/aromatic N) is 4. The van der Waals surface area contributed by atoms with Crippen LogP contribution >= 0.6 is 22.9 Å². The molecule has 5 rings (SSSR count). The van der Waals surface area contributed by atoms with Crippen molar-refractivity contribution in [3.63, 3.8) is 0 Å². The average Bonchev–Trinajstić information content (AvgIpc) is 3.55. The van der Waals surface area contributed by atoms with Gasteiger partial charge in [-0.3, -0.25) is 9.59 Å². The minimum Gasteiger partial charge on any atom is -0.387 e. The van der Waals surface area contributed by atoms with E-state index >= 15 is 0 Å². The Morgan fingerprint density at radius 2 is 1.95 bits per heavy atom. The van der Waals surface area contributed by atoms with E-state index in [1.807, 2.05) is 5.38 Å². The average molecular weight is 569 g/mol. The molecular weight excluding hydrogens is 548 g/mol. The zero-order chi connectivity index (χ0) is 27.0. The number of amides is 1. The number of alkyl halides is 3. The van der Waals surface area contributed by atoms with Crippen LogP contribution in [0.4, 0.5) is 17.6 Å². The Morgan fingerprint density at radius 1 is 1.18 bits per heavy atom. The molecular formula is C25H21ClF4N4O3S. The number of rotatable bonds is 5. The first-order valence-electron chi connectivity index (χ1n) is 11.8. The Kier molecular flexibility index (Phi) is 7.28. The zero-order valence-corrected chi connectivity index (χ0v) is 21.3. The lowest BCUT2D eigenvalue weighted by Gasteiger charge is -2.31. The van der Waals surface area contributed by atoms with Crippen molar-refractivity contribution >= 4 is 34.6 Å². The van der Waals surface area contributed by atoms with Crippen molar-refractivity contribution < 1.29 is 27.2 Å². The van der Waals surface area contributed by atoms with E-state index in [1.54, 1.807) is 11.0 Å². The Labute approximate surface area is 223 Å². The minimum absolute atomic E-state index is 0.0915. The van der Waals surface area contributed by atoms with E-state index in [4.69, 9.17) is 21.4 Å². The Morgan fingerprint density at radius 3 is 2.66 bits per heavy atom. The summed E-state index contributed by atoms with van der Waals surface area (Å²) < 4.78 is 54.1. The minimum atomic E-state index is -4.78. The van der Waals surface area contributed by atoms with Gasteiger partial charge in [0, 0.05) is 42.6 Å². The van der Waals surface area contributed by atoms with Gasteiger partial charge in [0.25, 0.3) is 5.56 Å². The first kappa shape index (κ1) is 26.4. The summed E-state index contributed by atoms with van der Waals surface area (Å²) in [5.41, 5.74) is -1.05. The molecule has 1 atom stereocenters. The number of thiazole rings is 1. The fourth-order valence-electron chi connectivity index (χ4n) is 4.61. The summed E-state index contributed by atoms with van der Waals surface area (Å²) in [6.45, 7) is 0.329. The summed E-state index contributed by atoms with van der Waals surface area (Å²) in [6, 6.07) is 6.25. The molecule has 0 saturated carbocycles.